The SMILES string of the molecule is CCCCCC/C=C\C=C/C[C@@H](O)[C@H](C(=O)O)S(=O)c1ccc(C)cc1. The maximum absolute atomic E-state index is 12.5. The number of benzene rings is 1. The smallest absolute Gasteiger partial charge is 0.322 e. The lowest BCUT2D eigenvalue weighted by atomic mass is 10.1. The van der Waals surface area contributed by atoms with Gasteiger partial charge in [-0.2, -0.15) is 0 Å². The lowest BCUT2D eigenvalue weighted by Crippen LogP contribution is -2.37. The van der Waals surface area contributed by atoms with Gasteiger partial charge in [0, 0.05) is 4.90 Å². The molecule has 1 aromatic rings. The monoisotopic (exact) mass is 378 g/mol. The third kappa shape index (κ3) is 8.11. The number of aryl methyl sites for hydroxylation is 1. The van der Waals surface area contributed by atoms with Gasteiger partial charge in [-0.25, -0.2) is 0 Å². The van der Waals surface area contributed by atoms with Gasteiger partial charge < -0.3 is 10.2 Å². The molecule has 144 valence electrons. The van der Waals surface area contributed by atoms with Crippen molar-refractivity contribution in [2.24, 2.45) is 0 Å². The van der Waals surface area contributed by atoms with E-state index in [0.29, 0.717) is 4.90 Å². The Kier molecular flexibility index (Phi) is 10.8. The summed E-state index contributed by atoms with van der Waals surface area (Å²) in [5.41, 5.74) is 1.00. The second-order valence-corrected chi connectivity index (χ2v) is 7.95. The number of aliphatic carboxylic acids is 1. The first-order valence-corrected chi connectivity index (χ1v) is 10.4. The van der Waals surface area contributed by atoms with Crippen LogP contribution in [-0.4, -0.2) is 31.7 Å². The van der Waals surface area contributed by atoms with Crippen molar-refractivity contribution in [3.8, 4) is 0 Å². The van der Waals surface area contributed by atoms with E-state index in [9.17, 15) is 19.2 Å². The Hall–Kier alpha value is -1.72. The molecule has 0 amide bonds. The Morgan fingerprint density at radius 1 is 1.12 bits per heavy atom. The Labute approximate surface area is 159 Å². The molecule has 2 N–H and O–H groups in total. The van der Waals surface area contributed by atoms with Crippen LogP contribution >= 0.6 is 0 Å². The first-order chi connectivity index (χ1) is 12.5. The van der Waals surface area contributed by atoms with Gasteiger partial charge in [-0.15, -0.1) is 0 Å². The fourth-order valence-corrected chi connectivity index (χ4v) is 3.78. The Morgan fingerprint density at radius 2 is 1.77 bits per heavy atom. The van der Waals surface area contributed by atoms with Crippen molar-refractivity contribution in [2.75, 3.05) is 0 Å². The molecule has 0 bridgehead atoms. The maximum atomic E-state index is 12.5. The number of allylic oxidation sites excluding steroid dienone is 3. The number of unbranched alkanes of at least 4 members (excludes halogenated alkanes) is 4. The molecule has 0 saturated heterocycles. The number of hydrogen-bond donors (Lipinski definition) is 2. The Bertz CT molecular complexity index is 619. The van der Waals surface area contributed by atoms with Crippen molar-refractivity contribution < 1.29 is 19.2 Å². The molecule has 0 saturated carbocycles. The predicted octanol–water partition coefficient (Wildman–Crippen LogP) is 4.39. The molecule has 0 heterocycles. The van der Waals surface area contributed by atoms with Gasteiger partial charge in [0.1, 0.15) is 0 Å². The number of carboxylic acids is 1. The molecule has 1 aromatic carbocycles. The normalized spacial score (nSPS) is 15.3. The van der Waals surface area contributed by atoms with Crippen LogP contribution in [-0.2, 0) is 15.6 Å². The molecule has 26 heavy (non-hydrogen) atoms. The average molecular weight is 379 g/mol. The summed E-state index contributed by atoms with van der Waals surface area (Å²) < 4.78 is 12.5. The highest BCUT2D eigenvalue weighted by molar-refractivity contribution is 7.86. The third-order valence-corrected chi connectivity index (χ3v) is 5.78. The molecule has 1 rings (SSSR count). The van der Waals surface area contributed by atoms with Gasteiger partial charge in [0.2, 0.25) is 0 Å². The summed E-state index contributed by atoms with van der Waals surface area (Å²) >= 11 is 0. The Balaban J connectivity index is 2.55. The predicted molar refractivity (Wildman–Crippen MR) is 107 cm³/mol. The molecule has 0 aliphatic rings. The lowest BCUT2D eigenvalue weighted by molar-refractivity contribution is -0.138. The van der Waals surface area contributed by atoms with Crippen molar-refractivity contribution in [3.05, 3.63) is 54.1 Å². The zero-order valence-electron chi connectivity index (χ0n) is 15.6. The van der Waals surface area contributed by atoms with Gasteiger partial charge in [0.15, 0.2) is 5.25 Å². The second kappa shape index (κ2) is 12.6. The molecule has 1 unspecified atom stereocenters. The summed E-state index contributed by atoms with van der Waals surface area (Å²) in [4.78, 5) is 11.9. The summed E-state index contributed by atoms with van der Waals surface area (Å²) in [5, 5.41) is 18.3. The van der Waals surface area contributed by atoms with Gasteiger partial charge in [-0.05, 0) is 38.3 Å². The van der Waals surface area contributed by atoms with Crippen LogP contribution in [0.1, 0.15) is 51.0 Å². The minimum atomic E-state index is -1.80. The van der Waals surface area contributed by atoms with E-state index in [1.54, 1.807) is 36.4 Å². The minimum absolute atomic E-state index is 0.148. The van der Waals surface area contributed by atoms with Crippen LogP contribution in [0, 0.1) is 6.92 Å². The van der Waals surface area contributed by atoms with E-state index in [0.717, 1.165) is 18.4 Å². The van der Waals surface area contributed by atoms with E-state index in [1.165, 1.54) is 19.3 Å². The molecule has 0 aliphatic carbocycles. The molecule has 0 aliphatic heterocycles. The Morgan fingerprint density at radius 3 is 2.38 bits per heavy atom. The van der Waals surface area contributed by atoms with Crippen LogP contribution in [0.25, 0.3) is 0 Å². The van der Waals surface area contributed by atoms with Gasteiger partial charge in [-0.1, -0.05) is 68.2 Å². The van der Waals surface area contributed by atoms with Crippen LogP contribution in [0.4, 0.5) is 0 Å². The number of carboxylic acid groups (broad SMARTS) is 1. The van der Waals surface area contributed by atoms with E-state index in [-0.39, 0.29) is 6.42 Å². The summed E-state index contributed by atoms with van der Waals surface area (Å²) in [6, 6.07) is 6.85. The lowest BCUT2D eigenvalue weighted by Gasteiger charge is -2.17. The van der Waals surface area contributed by atoms with E-state index in [1.807, 2.05) is 13.0 Å². The van der Waals surface area contributed by atoms with E-state index in [4.69, 9.17) is 0 Å². The fourth-order valence-electron chi connectivity index (χ4n) is 2.50. The largest absolute Gasteiger partial charge is 0.480 e. The van der Waals surface area contributed by atoms with Crippen molar-refractivity contribution >= 4 is 16.8 Å². The van der Waals surface area contributed by atoms with Crippen molar-refractivity contribution in [3.63, 3.8) is 0 Å². The quantitative estimate of drug-likeness (QED) is 0.418. The van der Waals surface area contributed by atoms with Crippen LogP contribution in [0.3, 0.4) is 0 Å². The van der Waals surface area contributed by atoms with Crippen molar-refractivity contribution in [2.45, 2.75) is 68.6 Å². The minimum Gasteiger partial charge on any atom is -0.480 e. The summed E-state index contributed by atoms with van der Waals surface area (Å²) in [6.07, 6.45) is 12.3. The molecular weight excluding hydrogens is 348 g/mol. The second-order valence-electron chi connectivity index (χ2n) is 6.38. The van der Waals surface area contributed by atoms with Gasteiger partial charge >= 0.3 is 5.97 Å². The third-order valence-electron chi connectivity index (χ3n) is 4.06. The molecule has 0 fully saturated rings. The molecule has 0 spiro atoms. The summed E-state index contributed by atoms with van der Waals surface area (Å²) in [7, 11) is -1.80. The number of aliphatic hydroxyl groups is 1. The topological polar surface area (TPSA) is 74.6 Å². The first-order valence-electron chi connectivity index (χ1n) is 9.17. The van der Waals surface area contributed by atoms with Crippen molar-refractivity contribution in [1.29, 1.82) is 0 Å². The van der Waals surface area contributed by atoms with Gasteiger partial charge in [-0.3, -0.25) is 9.00 Å². The molecule has 3 atom stereocenters. The summed E-state index contributed by atoms with van der Waals surface area (Å²) in [6.45, 7) is 4.08. The highest BCUT2D eigenvalue weighted by Gasteiger charge is 2.32. The van der Waals surface area contributed by atoms with Crippen LogP contribution in [0.15, 0.2) is 53.5 Å². The van der Waals surface area contributed by atoms with Crippen molar-refractivity contribution in [1.82, 2.24) is 0 Å². The van der Waals surface area contributed by atoms with Crippen LogP contribution in [0.5, 0.6) is 0 Å². The highest BCUT2D eigenvalue weighted by atomic mass is 32.2. The van der Waals surface area contributed by atoms with Crippen LogP contribution in [0.2, 0.25) is 0 Å². The van der Waals surface area contributed by atoms with E-state index in [2.05, 4.69) is 13.0 Å². The number of hydrogen-bond acceptors (Lipinski definition) is 3. The average Bonchev–Trinajstić information content (AvgIpc) is 2.60. The standard InChI is InChI=1S/C21H30O4S/c1-3-4-5-6-7-8-9-10-11-12-19(22)20(21(23)24)26(25)18-15-13-17(2)14-16-18/h8-11,13-16,19-20,22H,3-7,12H2,1-2H3,(H,23,24)/b9-8-,11-10-/t19-,20-,26?/m1/s1. The van der Waals surface area contributed by atoms with Gasteiger partial charge in [0.05, 0.1) is 16.9 Å². The molecule has 0 aromatic heterocycles. The zero-order chi connectivity index (χ0) is 19.4. The molecular formula is C21H30O4S. The molecule has 5 heteroatoms. The zero-order valence-corrected chi connectivity index (χ0v) is 16.5. The highest BCUT2D eigenvalue weighted by Crippen LogP contribution is 2.17. The summed E-state index contributed by atoms with van der Waals surface area (Å²) in [5.74, 6) is -1.25. The van der Waals surface area contributed by atoms with E-state index >= 15 is 0 Å². The number of carbonyl (C=O) groups is 1. The van der Waals surface area contributed by atoms with E-state index < -0.39 is 28.1 Å². The fraction of sp³-hybridized carbons (Fsp3) is 0.476. The number of rotatable bonds is 12. The number of aliphatic hydroxyl groups excluding tert-OH is 1. The molecule has 4 nitrogen and oxygen atoms in total. The van der Waals surface area contributed by atoms with Crippen LogP contribution < -0.4 is 0 Å². The van der Waals surface area contributed by atoms with Gasteiger partial charge in [0.25, 0.3) is 0 Å². The first kappa shape index (κ1) is 22.3. The maximum Gasteiger partial charge on any atom is 0.322 e. The molecule has 0 radical (unpaired) electrons.